The molecule has 4 rings (SSSR count). The Hall–Kier alpha value is -4.20. The van der Waals surface area contributed by atoms with Crippen molar-refractivity contribution in [1.29, 1.82) is 0 Å². The fourth-order valence-electron chi connectivity index (χ4n) is 3.19. The Morgan fingerprint density at radius 1 is 0.935 bits per heavy atom. The summed E-state index contributed by atoms with van der Waals surface area (Å²) in [5.74, 6) is -0.844. The van der Waals surface area contributed by atoms with E-state index >= 15 is 0 Å². The third-order valence-electron chi connectivity index (χ3n) is 4.77. The number of non-ortho nitro benzene ring substituents is 1. The molecular weight excluding hydrogens is 400 g/mol. The van der Waals surface area contributed by atoms with Gasteiger partial charge in [-0.15, -0.1) is 0 Å². The highest BCUT2D eigenvalue weighted by atomic mass is 16.6. The fourth-order valence-corrected chi connectivity index (χ4v) is 3.19. The van der Waals surface area contributed by atoms with Gasteiger partial charge in [0.15, 0.2) is 0 Å². The molecular formula is C23H18N2O6. The van der Waals surface area contributed by atoms with Crippen LogP contribution in [0.25, 0.3) is 21.9 Å². The molecule has 8 nitrogen and oxygen atoms in total. The quantitative estimate of drug-likeness (QED) is 0.258. The average Bonchev–Trinajstić information content (AvgIpc) is 3.14. The Bertz CT molecular complexity index is 1280. The number of furan rings is 1. The van der Waals surface area contributed by atoms with Crippen LogP contribution in [0.4, 0.5) is 11.4 Å². The number of esters is 1. The molecule has 4 aromatic rings. The van der Waals surface area contributed by atoms with Crippen molar-refractivity contribution in [2.45, 2.75) is 19.4 Å². The molecule has 0 aliphatic rings. The van der Waals surface area contributed by atoms with Gasteiger partial charge >= 0.3 is 5.97 Å². The van der Waals surface area contributed by atoms with Gasteiger partial charge in [0.05, 0.1) is 11.3 Å². The molecule has 156 valence electrons. The van der Waals surface area contributed by atoms with Gasteiger partial charge in [-0.05, 0) is 35.9 Å². The first-order valence-electron chi connectivity index (χ1n) is 9.60. The average molecular weight is 418 g/mol. The van der Waals surface area contributed by atoms with Gasteiger partial charge in [0.25, 0.3) is 5.69 Å². The van der Waals surface area contributed by atoms with E-state index < -0.39 is 10.9 Å². The Kier molecular flexibility index (Phi) is 5.61. The normalized spacial score (nSPS) is 10.8. The highest BCUT2D eigenvalue weighted by molar-refractivity contribution is 6.06. The zero-order chi connectivity index (χ0) is 21.8. The summed E-state index contributed by atoms with van der Waals surface area (Å²) in [5, 5.41) is 15.4. The molecule has 1 aromatic heterocycles. The lowest BCUT2D eigenvalue weighted by molar-refractivity contribution is -0.384. The van der Waals surface area contributed by atoms with Crippen LogP contribution >= 0.6 is 0 Å². The minimum absolute atomic E-state index is 0.0127. The number of nitrogens with one attached hydrogen (secondary N) is 1. The topological polar surface area (TPSA) is 112 Å². The van der Waals surface area contributed by atoms with Gasteiger partial charge in [-0.1, -0.05) is 18.2 Å². The third-order valence-corrected chi connectivity index (χ3v) is 4.77. The SMILES string of the molecule is O=C(CCC(=O)OCc1ccc([N+](=O)[O-])cc1)Nc1ccc2c(c1)oc1ccccc12. The van der Waals surface area contributed by atoms with Gasteiger partial charge in [0.2, 0.25) is 5.91 Å². The number of amides is 1. The van der Waals surface area contributed by atoms with Gasteiger partial charge in [-0.3, -0.25) is 19.7 Å². The van der Waals surface area contributed by atoms with Crippen LogP contribution in [0, 0.1) is 10.1 Å². The molecule has 0 saturated heterocycles. The van der Waals surface area contributed by atoms with E-state index in [1.165, 1.54) is 24.3 Å². The van der Waals surface area contributed by atoms with Crippen LogP contribution in [-0.2, 0) is 20.9 Å². The van der Waals surface area contributed by atoms with Crippen molar-refractivity contribution in [3.05, 3.63) is 82.4 Å². The molecule has 1 heterocycles. The molecule has 3 aromatic carbocycles. The number of rotatable bonds is 7. The number of para-hydroxylation sites is 1. The first-order chi connectivity index (χ1) is 15.0. The summed E-state index contributed by atoms with van der Waals surface area (Å²) in [7, 11) is 0. The van der Waals surface area contributed by atoms with Crippen molar-refractivity contribution in [3.8, 4) is 0 Å². The zero-order valence-electron chi connectivity index (χ0n) is 16.4. The molecule has 0 radical (unpaired) electrons. The largest absolute Gasteiger partial charge is 0.461 e. The van der Waals surface area contributed by atoms with E-state index in [1.54, 1.807) is 12.1 Å². The van der Waals surface area contributed by atoms with Gasteiger partial charge < -0.3 is 14.5 Å². The molecule has 0 bridgehead atoms. The molecule has 8 heteroatoms. The molecule has 1 amide bonds. The van der Waals surface area contributed by atoms with Crippen molar-refractivity contribution in [2.24, 2.45) is 0 Å². The number of hydrogen-bond donors (Lipinski definition) is 1. The number of fused-ring (bicyclic) bond motifs is 3. The Morgan fingerprint density at radius 2 is 1.68 bits per heavy atom. The molecule has 0 saturated carbocycles. The van der Waals surface area contributed by atoms with Crippen LogP contribution in [0.15, 0.2) is 71.1 Å². The Morgan fingerprint density at radius 3 is 2.45 bits per heavy atom. The first kappa shape index (κ1) is 20.1. The van der Waals surface area contributed by atoms with Gasteiger partial charge in [0, 0.05) is 41.1 Å². The second-order valence-electron chi connectivity index (χ2n) is 6.94. The van der Waals surface area contributed by atoms with Crippen molar-refractivity contribution in [3.63, 3.8) is 0 Å². The fraction of sp³-hybridized carbons (Fsp3) is 0.130. The second kappa shape index (κ2) is 8.66. The number of benzene rings is 3. The predicted molar refractivity (Wildman–Crippen MR) is 114 cm³/mol. The molecule has 31 heavy (non-hydrogen) atoms. The summed E-state index contributed by atoms with van der Waals surface area (Å²) < 4.78 is 10.9. The monoisotopic (exact) mass is 418 g/mol. The van der Waals surface area contributed by atoms with Crippen LogP contribution in [-0.4, -0.2) is 16.8 Å². The number of carbonyl (C=O) groups is 2. The van der Waals surface area contributed by atoms with Crippen molar-refractivity contribution in [1.82, 2.24) is 0 Å². The van der Waals surface area contributed by atoms with Crippen LogP contribution < -0.4 is 5.32 Å². The Balaban J connectivity index is 1.28. The molecule has 0 spiro atoms. The van der Waals surface area contributed by atoms with E-state index in [2.05, 4.69) is 5.32 Å². The van der Waals surface area contributed by atoms with Gasteiger partial charge in [-0.25, -0.2) is 0 Å². The van der Waals surface area contributed by atoms with E-state index in [1.807, 2.05) is 30.3 Å². The lowest BCUT2D eigenvalue weighted by atomic mass is 10.1. The lowest BCUT2D eigenvalue weighted by Crippen LogP contribution is -2.14. The number of carbonyl (C=O) groups excluding carboxylic acids is 2. The van der Waals surface area contributed by atoms with Crippen molar-refractivity contribution >= 4 is 45.2 Å². The van der Waals surface area contributed by atoms with E-state index in [0.29, 0.717) is 16.8 Å². The highest BCUT2D eigenvalue weighted by Crippen LogP contribution is 2.30. The van der Waals surface area contributed by atoms with Crippen LogP contribution in [0.5, 0.6) is 0 Å². The van der Waals surface area contributed by atoms with Gasteiger partial charge in [-0.2, -0.15) is 0 Å². The summed E-state index contributed by atoms with van der Waals surface area (Å²) in [6.07, 6.45) is -0.108. The number of anilines is 1. The van der Waals surface area contributed by atoms with Crippen LogP contribution in [0.3, 0.4) is 0 Å². The number of nitro groups is 1. The minimum Gasteiger partial charge on any atom is -0.461 e. The molecule has 0 unspecified atom stereocenters. The van der Waals surface area contributed by atoms with E-state index in [9.17, 15) is 19.7 Å². The number of ether oxygens (including phenoxy) is 1. The maximum absolute atomic E-state index is 12.2. The summed E-state index contributed by atoms with van der Waals surface area (Å²) in [4.78, 5) is 34.2. The number of nitro benzene ring substituents is 1. The first-order valence-corrected chi connectivity index (χ1v) is 9.60. The minimum atomic E-state index is -0.527. The van der Waals surface area contributed by atoms with Crippen molar-refractivity contribution in [2.75, 3.05) is 5.32 Å². The van der Waals surface area contributed by atoms with Crippen LogP contribution in [0.1, 0.15) is 18.4 Å². The molecule has 0 aliphatic carbocycles. The summed E-state index contributed by atoms with van der Waals surface area (Å²) in [6.45, 7) is -0.0127. The third kappa shape index (κ3) is 4.69. The standard InChI is InChI=1S/C23H18N2O6/c26-22(11-12-23(27)30-14-15-5-8-17(9-6-15)25(28)29)24-16-7-10-19-18-3-1-2-4-20(18)31-21(19)13-16/h1-10,13H,11-12,14H2,(H,24,26). The van der Waals surface area contributed by atoms with Gasteiger partial charge in [0.1, 0.15) is 17.8 Å². The smallest absolute Gasteiger partial charge is 0.306 e. The molecule has 0 aliphatic heterocycles. The number of nitrogens with zero attached hydrogens (tertiary/aromatic N) is 1. The van der Waals surface area contributed by atoms with Crippen molar-refractivity contribution < 1.29 is 23.7 Å². The van der Waals surface area contributed by atoms with E-state index in [0.717, 1.165) is 16.4 Å². The Labute approximate surface area is 176 Å². The lowest BCUT2D eigenvalue weighted by Gasteiger charge is -2.06. The number of hydrogen-bond acceptors (Lipinski definition) is 6. The second-order valence-corrected chi connectivity index (χ2v) is 6.94. The maximum atomic E-state index is 12.2. The maximum Gasteiger partial charge on any atom is 0.306 e. The highest BCUT2D eigenvalue weighted by Gasteiger charge is 2.11. The summed E-state index contributed by atoms with van der Waals surface area (Å²) in [6, 6.07) is 18.8. The molecule has 0 atom stereocenters. The van der Waals surface area contributed by atoms with Crippen LogP contribution in [0.2, 0.25) is 0 Å². The van der Waals surface area contributed by atoms with E-state index in [4.69, 9.17) is 9.15 Å². The predicted octanol–water partition coefficient (Wildman–Crippen LogP) is 4.96. The zero-order valence-corrected chi connectivity index (χ0v) is 16.4. The summed E-state index contributed by atoms with van der Waals surface area (Å²) >= 11 is 0. The molecule has 0 fully saturated rings. The molecule has 1 N–H and O–H groups in total. The summed E-state index contributed by atoms with van der Waals surface area (Å²) in [5.41, 5.74) is 2.61. The van der Waals surface area contributed by atoms with E-state index in [-0.39, 0.29) is 31.0 Å².